The maximum Gasteiger partial charge on any atom is 0.275 e. The van der Waals surface area contributed by atoms with E-state index >= 15 is 0 Å². The van der Waals surface area contributed by atoms with Crippen LogP contribution < -0.4 is 0 Å². The number of carbonyl (C=O) groups excluding carboxylic acids is 1. The summed E-state index contributed by atoms with van der Waals surface area (Å²) in [5.41, 5.74) is 17.4. The van der Waals surface area contributed by atoms with Gasteiger partial charge in [-0.25, -0.2) is 0 Å². The molecule has 0 aliphatic heterocycles. The van der Waals surface area contributed by atoms with Crippen molar-refractivity contribution < 1.29 is 23.2 Å². The summed E-state index contributed by atoms with van der Waals surface area (Å²) in [6.45, 7) is 0. The third kappa shape index (κ3) is 2.70. The fourth-order valence-corrected chi connectivity index (χ4v) is 1.84. The van der Waals surface area contributed by atoms with Gasteiger partial charge in [0.05, 0.1) is 12.5 Å². The van der Waals surface area contributed by atoms with Gasteiger partial charge in [0, 0.05) is 0 Å². The van der Waals surface area contributed by atoms with Gasteiger partial charge in [0.1, 0.15) is 11.5 Å². The molecule has 100 valence electrons. The summed E-state index contributed by atoms with van der Waals surface area (Å²) in [7, 11) is 0. The minimum absolute atomic E-state index is 0.315. The fraction of sp³-hybridized carbons (Fsp3) is 0.154. The number of hydrogen-bond donors (Lipinski definition) is 0. The van der Waals surface area contributed by atoms with Crippen LogP contribution in [-0.4, -0.2) is 27.8 Å². The smallest absolute Gasteiger partial charge is 0.275 e. The van der Waals surface area contributed by atoms with Crippen molar-refractivity contribution in [1.82, 2.24) is 0 Å². The number of Topliss-reactive ketones (excluding diaryl/α,β-unsaturated/α-hetero) is 1. The second-order valence-corrected chi connectivity index (χ2v) is 3.92. The minimum atomic E-state index is -0.914. The maximum atomic E-state index is 12.5. The average Bonchev–Trinajstić information content (AvgIpc) is 3.13. The molecule has 2 unspecified atom stereocenters. The molecule has 0 N–H and O–H groups in total. The summed E-state index contributed by atoms with van der Waals surface area (Å²) >= 11 is 0. The van der Waals surface area contributed by atoms with Crippen molar-refractivity contribution in [1.29, 1.82) is 0 Å². The lowest BCUT2D eigenvalue weighted by Crippen LogP contribution is -2.23. The van der Waals surface area contributed by atoms with Crippen LogP contribution in [0.3, 0.4) is 0 Å². The number of rotatable bonds is 6. The zero-order valence-electron chi connectivity index (χ0n) is 10.3. The second-order valence-electron chi connectivity index (χ2n) is 3.92. The lowest BCUT2D eigenvalue weighted by Gasteiger charge is -2.07. The molecule has 2 aromatic rings. The van der Waals surface area contributed by atoms with Crippen LogP contribution in [0.4, 0.5) is 0 Å². The molecule has 0 bridgehead atoms. The molecule has 2 aromatic heterocycles. The van der Waals surface area contributed by atoms with Crippen LogP contribution in [0.5, 0.6) is 0 Å². The van der Waals surface area contributed by atoms with E-state index in [0.29, 0.717) is 11.5 Å². The Labute approximate surface area is 113 Å². The standard InChI is InChI=1S/C13H10N4O3/c14-16-7-9(11-3-1-5-19-11)13(18)10(8-17-15)12-4-2-6-20-12/h1-10H. The SMILES string of the molecule is [N-]=[N+]=CC(C(=O)C(C=[N+]=[N-])c1ccco1)c1ccco1. The normalized spacial score (nSPS) is 12.8. The van der Waals surface area contributed by atoms with Gasteiger partial charge >= 0.3 is 0 Å². The topological polar surface area (TPSA) is 116 Å². The van der Waals surface area contributed by atoms with E-state index in [-0.39, 0.29) is 0 Å². The van der Waals surface area contributed by atoms with Crippen molar-refractivity contribution in [2.24, 2.45) is 0 Å². The summed E-state index contributed by atoms with van der Waals surface area (Å²) in [6.07, 6.45) is 4.90. The predicted octanol–water partition coefficient (Wildman–Crippen LogP) is 1.91. The molecule has 0 spiro atoms. The number of nitrogens with zero attached hydrogens (tertiary/aromatic N) is 4. The van der Waals surface area contributed by atoms with Crippen molar-refractivity contribution >= 4 is 18.2 Å². The van der Waals surface area contributed by atoms with Gasteiger partial charge in [-0.3, -0.25) is 4.79 Å². The molecule has 0 aliphatic rings. The monoisotopic (exact) mass is 270 g/mol. The van der Waals surface area contributed by atoms with E-state index in [1.54, 1.807) is 24.3 Å². The summed E-state index contributed by atoms with van der Waals surface area (Å²) in [5.74, 6) is -1.61. The Balaban J connectivity index is 2.39. The molecule has 0 radical (unpaired) electrons. The van der Waals surface area contributed by atoms with Crippen LogP contribution >= 0.6 is 0 Å². The van der Waals surface area contributed by atoms with E-state index in [1.807, 2.05) is 0 Å². The van der Waals surface area contributed by atoms with Gasteiger partial charge in [0.25, 0.3) is 12.4 Å². The van der Waals surface area contributed by atoms with Crippen LogP contribution in [0.1, 0.15) is 23.4 Å². The van der Waals surface area contributed by atoms with E-state index in [9.17, 15) is 4.79 Å². The van der Waals surface area contributed by atoms with Gasteiger partial charge in [-0.1, -0.05) is 0 Å². The van der Waals surface area contributed by atoms with E-state index in [1.165, 1.54) is 12.5 Å². The highest BCUT2D eigenvalue weighted by molar-refractivity contribution is 6.09. The molecule has 2 atom stereocenters. The molecular weight excluding hydrogens is 260 g/mol. The molecule has 2 rings (SSSR count). The van der Waals surface area contributed by atoms with Crippen LogP contribution in [0.15, 0.2) is 45.6 Å². The number of carbonyl (C=O) groups is 1. The average molecular weight is 270 g/mol. The third-order valence-corrected chi connectivity index (χ3v) is 2.74. The van der Waals surface area contributed by atoms with Gasteiger partial charge in [0.2, 0.25) is 0 Å². The van der Waals surface area contributed by atoms with Crippen molar-refractivity contribution in [3.8, 4) is 0 Å². The molecular formula is C13H10N4O3. The third-order valence-electron chi connectivity index (χ3n) is 2.74. The first-order chi connectivity index (χ1) is 9.77. The highest BCUT2D eigenvalue weighted by atomic mass is 16.3. The van der Waals surface area contributed by atoms with E-state index in [0.717, 1.165) is 12.4 Å². The first-order valence-corrected chi connectivity index (χ1v) is 5.73. The summed E-state index contributed by atoms with van der Waals surface area (Å²) in [4.78, 5) is 18.3. The molecule has 2 heterocycles. The molecule has 0 fully saturated rings. The first kappa shape index (κ1) is 13.4. The zero-order chi connectivity index (χ0) is 14.4. The number of hydrogen-bond acceptors (Lipinski definition) is 3. The zero-order valence-corrected chi connectivity index (χ0v) is 10.3. The predicted molar refractivity (Wildman–Crippen MR) is 67.3 cm³/mol. The van der Waals surface area contributed by atoms with Gasteiger partial charge in [-0.15, -0.1) is 0 Å². The van der Waals surface area contributed by atoms with Crippen molar-refractivity contribution in [2.75, 3.05) is 0 Å². The van der Waals surface area contributed by atoms with Gasteiger partial charge in [0.15, 0.2) is 17.6 Å². The molecule has 0 aromatic carbocycles. The highest BCUT2D eigenvalue weighted by Crippen LogP contribution is 2.24. The van der Waals surface area contributed by atoms with E-state index < -0.39 is 17.6 Å². The summed E-state index contributed by atoms with van der Waals surface area (Å²) < 4.78 is 10.3. The molecule has 7 nitrogen and oxygen atoms in total. The Bertz CT molecular complexity index is 604. The molecule has 0 aliphatic carbocycles. The molecule has 0 saturated carbocycles. The largest absolute Gasteiger partial charge is 0.468 e. The van der Waals surface area contributed by atoms with Crippen molar-refractivity contribution in [3.63, 3.8) is 0 Å². The lowest BCUT2D eigenvalue weighted by atomic mass is 9.90. The Hall–Kier alpha value is -3.01. The Morgan fingerprint density at radius 2 is 1.45 bits per heavy atom. The second kappa shape index (κ2) is 6.24. The lowest BCUT2D eigenvalue weighted by molar-refractivity contribution is -0.120. The Kier molecular flexibility index (Phi) is 4.19. The van der Waals surface area contributed by atoms with Crippen LogP contribution in [0, 0.1) is 0 Å². The van der Waals surface area contributed by atoms with Gasteiger partial charge < -0.3 is 19.9 Å². The minimum Gasteiger partial charge on any atom is -0.468 e. The van der Waals surface area contributed by atoms with Crippen LogP contribution in [-0.2, 0) is 4.79 Å². The van der Waals surface area contributed by atoms with Crippen molar-refractivity contribution in [2.45, 2.75) is 11.8 Å². The molecule has 20 heavy (non-hydrogen) atoms. The Morgan fingerprint density at radius 1 is 1.00 bits per heavy atom. The summed E-state index contributed by atoms with van der Waals surface area (Å²) in [5, 5.41) is 0. The molecule has 7 heteroatoms. The van der Waals surface area contributed by atoms with Crippen LogP contribution in [0.2, 0.25) is 0 Å². The van der Waals surface area contributed by atoms with E-state index in [2.05, 4.69) is 9.58 Å². The summed E-state index contributed by atoms with van der Waals surface area (Å²) in [6, 6.07) is 6.39. The first-order valence-electron chi connectivity index (χ1n) is 5.73. The van der Waals surface area contributed by atoms with Crippen molar-refractivity contribution in [3.05, 3.63) is 59.4 Å². The molecule has 0 saturated heterocycles. The molecule has 0 amide bonds. The maximum absolute atomic E-state index is 12.5. The van der Waals surface area contributed by atoms with E-state index in [4.69, 9.17) is 19.9 Å². The van der Waals surface area contributed by atoms with Gasteiger partial charge in [-0.2, -0.15) is 9.58 Å². The van der Waals surface area contributed by atoms with Crippen LogP contribution in [0.25, 0.3) is 11.1 Å². The quantitative estimate of drug-likeness (QED) is 0.453. The Morgan fingerprint density at radius 3 is 1.75 bits per heavy atom. The number of ketones is 1. The highest BCUT2D eigenvalue weighted by Gasteiger charge is 2.35. The van der Waals surface area contributed by atoms with Gasteiger partial charge in [-0.05, 0) is 24.3 Å². The number of furan rings is 2. The fourth-order valence-electron chi connectivity index (χ4n) is 1.84.